The Hall–Kier alpha value is -2.24. The van der Waals surface area contributed by atoms with E-state index in [2.05, 4.69) is 4.74 Å². The predicted octanol–water partition coefficient (Wildman–Crippen LogP) is 0.180. The summed E-state index contributed by atoms with van der Waals surface area (Å²) in [7, 11) is 1.30. The van der Waals surface area contributed by atoms with Crippen molar-refractivity contribution in [1.82, 2.24) is 0 Å². The molecule has 5 unspecified atom stereocenters. The number of rotatable bonds is 18. The molecule has 162 valence electrons. The highest BCUT2D eigenvalue weighted by Gasteiger charge is 2.42. The molecule has 0 aliphatic carbocycles. The smallest absolute Gasteiger partial charge is 0.295 e. The van der Waals surface area contributed by atoms with Crippen LogP contribution in [0.5, 0.6) is 0 Å². The lowest BCUT2D eigenvalue weighted by Crippen LogP contribution is -2.53. The van der Waals surface area contributed by atoms with Gasteiger partial charge in [-0.05, 0) is 13.8 Å². The Bertz CT molecular complexity index is 454. The Morgan fingerprint density at radius 1 is 0.714 bits per heavy atom. The van der Waals surface area contributed by atoms with Gasteiger partial charge in [0.25, 0.3) is 25.9 Å². The van der Waals surface area contributed by atoms with Crippen LogP contribution >= 0.6 is 0 Å². The first kappa shape index (κ1) is 25.8. The van der Waals surface area contributed by atoms with E-state index in [4.69, 9.17) is 28.4 Å². The van der Waals surface area contributed by atoms with Crippen molar-refractivity contribution in [2.24, 2.45) is 5.92 Å². The van der Waals surface area contributed by atoms with Gasteiger partial charge < -0.3 is 28.4 Å². The Balaban J connectivity index is 5.85. The van der Waals surface area contributed by atoms with E-state index in [-0.39, 0.29) is 38.4 Å². The van der Waals surface area contributed by atoms with E-state index in [1.165, 1.54) is 7.11 Å². The molecule has 0 spiro atoms. The Morgan fingerprint density at radius 2 is 1.29 bits per heavy atom. The molecule has 11 nitrogen and oxygen atoms in total. The molecule has 0 heterocycles. The van der Waals surface area contributed by atoms with E-state index >= 15 is 0 Å². The lowest BCUT2D eigenvalue weighted by atomic mass is 10.1. The molecule has 0 N–H and O–H groups in total. The first-order chi connectivity index (χ1) is 13.4. The molecule has 11 heteroatoms. The minimum absolute atomic E-state index is 0.112. The van der Waals surface area contributed by atoms with Gasteiger partial charge in [-0.25, -0.2) is 0 Å². The first-order valence-electron chi connectivity index (χ1n) is 8.52. The van der Waals surface area contributed by atoms with E-state index in [9.17, 15) is 19.2 Å². The quantitative estimate of drug-likeness (QED) is 0.175. The second-order valence-electron chi connectivity index (χ2n) is 6.13. The van der Waals surface area contributed by atoms with Gasteiger partial charge in [0.15, 0.2) is 12.2 Å². The van der Waals surface area contributed by atoms with Gasteiger partial charge in [-0.3, -0.25) is 23.9 Å². The Labute approximate surface area is 163 Å². The third-order valence-corrected chi connectivity index (χ3v) is 3.42. The number of carbonyl (C=O) groups is 4. The van der Waals surface area contributed by atoms with Crippen LogP contribution in [-0.4, -0.2) is 76.6 Å². The van der Waals surface area contributed by atoms with Gasteiger partial charge in [0.1, 0.15) is 12.7 Å². The van der Waals surface area contributed by atoms with Gasteiger partial charge in [-0.15, -0.1) is 0 Å². The zero-order chi connectivity index (χ0) is 21.5. The van der Waals surface area contributed by atoms with E-state index in [0.717, 1.165) is 0 Å². The van der Waals surface area contributed by atoms with Crippen molar-refractivity contribution in [3.63, 3.8) is 0 Å². The van der Waals surface area contributed by atoms with Crippen molar-refractivity contribution >= 4 is 25.9 Å². The SMILES string of the molecule is COC(COC=O)C(OC=O)C(OC(C)C)C(OC=O)OC(OC=O)C(C)C. The van der Waals surface area contributed by atoms with Crippen molar-refractivity contribution in [3.8, 4) is 0 Å². The monoisotopic (exact) mass is 408 g/mol. The third-order valence-electron chi connectivity index (χ3n) is 3.42. The van der Waals surface area contributed by atoms with Crippen LogP contribution in [0, 0.1) is 5.92 Å². The molecule has 0 fully saturated rings. The fourth-order valence-electron chi connectivity index (χ4n) is 2.26. The first-order valence-corrected chi connectivity index (χ1v) is 8.52. The highest BCUT2D eigenvalue weighted by atomic mass is 16.8. The lowest BCUT2D eigenvalue weighted by molar-refractivity contribution is -0.288. The van der Waals surface area contributed by atoms with Gasteiger partial charge in [0.2, 0.25) is 12.6 Å². The largest absolute Gasteiger partial charge is 0.465 e. The summed E-state index contributed by atoms with van der Waals surface area (Å²) in [6.07, 6.45) is -6.30. The summed E-state index contributed by atoms with van der Waals surface area (Å²) in [5, 5.41) is 0. The van der Waals surface area contributed by atoms with Crippen LogP contribution in [0.2, 0.25) is 0 Å². The van der Waals surface area contributed by atoms with Crippen LogP contribution < -0.4 is 0 Å². The van der Waals surface area contributed by atoms with Crippen LogP contribution in [0.25, 0.3) is 0 Å². The molecule has 0 amide bonds. The molecule has 0 rings (SSSR count). The summed E-state index contributed by atoms with van der Waals surface area (Å²) in [6.45, 7) is 7.17. The molecule has 0 aliphatic heterocycles. The number of ether oxygens (including phenoxy) is 7. The average molecular weight is 408 g/mol. The summed E-state index contributed by atoms with van der Waals surface area (Å²) in [5.41, 5.74) is 0. The minimum Gasteiger partial charge on any atom is -0.465 e. The minimum atomic E-state index is -1.44. The molecule has 0 aromatic heterocycles. The summed E-state index contributed by atoms with van der Waals surface area (Å²) < 4.78 is 36.1. The summed E-state index contributed by atoms with van der Waals surface area (Å²) >= 11 is 0. The zero-order valence-corrected chi connectivity index (χ0v) is 16.5. The van der Waals surface area contributed by atoms with Gasteiger partial charge >= 0.3 is 0 Å². The van der Waals surface area contributed by atoms with Crippen LogP contribution in [0.1, 0.15) is 27.7 Å². The molecular formula is C17H28O11. The lowest BCUT2D eigenvalue weighted by Gasteiger charge is -2.36. The molecule has 0 saturated carbocycles. The normalized spacial score (nSPS) is 16.4. The summed E-state index contributed by atoms with van der Waals surface area (Å²) in [5.74, 6) is -0.301. The molecule has 0 saturated heterocycles. The van der Waals surface area contributed by atoms with E-state index < -0.39 is 37.0 Å². The molecular weight excluding hydrogens is 380 g/mol. The van der Waals surface area contributed by atoms with Crippen molar-refractivity contribution in [2.75, 3.05) is 13.7 Å². The van der Waals surface area contributed by atoms with Crippen LogP contribution in [0.3, 0.4) is 0 Å². The summed E-state index contributed by atoms with van der Waals surface area (Å²) in [6, 6.07) is 0. The van der Waals surface area contributed by atoms with Crippen molar-refractivity contribution in [2.45, 2.75) is 64.7 Å². The molecule has 0 aromatic rings. The fourth-order valence-corrected chi connectivity index (χ4v) is 2.26. The summed E-state index contributed by atoms with van der Waals surface area (Å²) in [4.78, 5) is 43.3. The number of hydrogen-bond acceptors (Lipinski definition) is 11. The van der Waals surface area contributed by atoms with Gasteiger partial charge in [-0.2, -0.15) is 0 Å². The van der Waals surface area contributed by atoms with E-state index in [1.54, 1.807) is 27.7 Å². The Morgan fingerprint density at radius 3 is 1.71 bits per heavy atom. The zero-order valence-electron chi connectivity index (χ0n) is 16.5. The van der Waals surface area contributed by atoms with Crippen LogP contribution in [-0.2, 0) is 52.3 Å². The van der Waals surface area contributed by atoms with Crippen LogP contribution in [0.15, 0.2) is 0 Å². The number of methoxy groups -OCH3 is 1. The fraction of sp³-hybridized carbons (Fsp3) is 0.765. The van der Waals surface area contributed by atoms with Crippen molar-refractivity contribution < 1.29 is 52.3 Å². The van der Waals surface area contributed by atoms with Crippen molar-refractivity contribution in [3.05, 3.63) is 0 Å². The predicted molar refractivity (Wildman–Crippen MR) is 91.6 cm³/mol. The molecule has 28 heavy (non-hydrogen) atoms. The second-order valence-corrected chi connectivity index (χ2v) is 6.13. The topological polar surface area (TPSA) is 133 Å². The van der Waals surface area contributed by atoms with Crippen LogP contribution in [0.4, 0.5) is 0 Å². The number of hydrogen-bond donors (Lipinski definition) is 0. The molecule has 5 atom stereocenters. The maximum atomic E-state index is 11.0. The van der Waals surface area contributed by atoms with Gasteiger partial charge in [-0.1, -0.05) is 13.8 Å². The Kier molecular flexibility index (Phi) is 13.6. The van der Waals surface area contributed by atoms with Gasteiger partial charge in [0, 0.05) is 13.0 Å². The molecule has 0 radical (unpaired) electrons. The highest BCUT2D eigenvalue weighted by Crippen LogP contribution is 2.22. The third kappa shape index (κ3) is 9.11. The van der Waals surface area contributed by atoms with Gasteiger partial charge in [0.05, 0.1) is 6.10 Å². The maximum absolute atomic E-state index is 11.0. The molecule has 0 bridgehead atoms. The molecule has 0 aliphatic rings. The standard InChI is InChI=1S/C17H28O11/c1-11(2)16(25-9-20)28-17(26-10-21)15(27-12(3)4)14(24-8-19)13(22-5)6-23-7-18/h7-17H,6H2,1-5H3. The van der Waals surface area contributed by atoms with E-state index in [0.29, 0.717) is 0 Å². The number of carbonyl (C=O) groups excluding carboxylic acids is 4. The second kappa shape index (κ2) is 14.8. The van der Waals surface area contributed by atoms with E-state index in [1.807, 2.05) is 0 Å². The molecule has 0 aromatic carbocycles. The average Bonchev–Trinajstić information content (AvgIpc) is 2.64. The maximum Gasteiger partial charge on any atom is 0.295 e. The highest BCUT2D eigenvalue weighted by molar-refractivity contribution is 5.39. The van der Waals surface area contributed by atoms with Crippen molar-refractivity contribution in [1.29, 1.82) is 0 Å².